The molecule has 1 heterocycles. The number of aliphatic carboxylic acids is 1. The lowest BCUT2D eigenvalue weighted by Crippen LogP contribution is -2.09. The molecule has 0 aromatic carbocycles. The van der Waals surface area contributed by atoms with E-state index >= 15 is 0 Å². The van der Waals surface area contributed by atoms with E-state index in [1.54, 1.807) is 0 Å². The zero-order valence-corrected chi connectivity index (χ0v) is 9.58. The SMILES string of the molecule is CCCc1cc(=O)[nH]c(SC=CC(=O)O)n1. The Hall–Kier alpha value is -1.56. The maximum absolute atomic E-state index is 11.2. The van der Waals surface area contributed by atoms with Crippen molar-refractivity contribution in [1.29, 1.82) is 0 Å². The summed E-state index contributed by atoms with van der Waals surface area (Å²) in [5.74, 6) is -1.03. The van der Waals surface area contributed by atoms with Gasteiger partial charge < -0.3 is 10.1 Å². The fourth-order valence-electron chi connectivity index (χ4n) is 1.08. The largest absolute Gasteiger partial charge is 0.478 e. The third-order valence-electron chi connectivity index (χ3n) is 1.67. The molecule has 0 saturated carbocycles. The van der Waals surface area contributed by atoms with E-state index in [1.807, 2.05) is 6.92 Å². The van der Waals surface area contributed by atoms with Crippen molar-refractivity contribution in [2.75, 3.05) is 0 Å². The molecule has 0 unspecified atom stereocenters. The van der Waals surface area contributed by atoms with Crippen molar-refractivity contribution in [3.05, 3.63) is 33.6 Å². The van der Waals surface area contributed by atoms with Crippen molar-refractivity contribution in [3.8, 4) is 0 Å². The highest BCUT2D eigenvalue weighted by molar-refractivity contribution is 8.02. The summed E-state index contributed by atoms with van der Waals surface area (Å²) in [6.07, 6.45) is 2.64. The average molecular weight is 240 g/mol. The number of rotatable bonds is 5. The van der Waals surface area contributed by atoms with Crippen molar-refractivity contribution in [3.63, 3.8) is 0 Å². The number of carboxylic acids is 1. The van der Waals surface area contributed by atoms with Gasteiger partial charge in [0.25, 0.3) is 5.56 Å². The van der Waals surface area contributed by atoms with Crippen LogP contribution >= 0.6 is 11.8 Å². The molecule has 1 aromatic heterocycles. The first-order valence-corrected chi connectivity index (χ1v) is 5.66. The number of aromatic nitrogens is 2. The molecule has 16 heavy (non-hydrogen) atoms. The number of thioether (sulfide) groups is 1. The smallest absolute Gasteiger partial charge is 0.328 e. The van der Waals surface area contributed by atoms with Crippen LogP contribution in [0.25, 0.3) is 0 Å². The van der Waals surface area contributed by atoms with Gasteiger partial charge in [0.2, 0.25) is 0 Å². The van der Waals surface area contributed by atoms with E-state index < -0.39 is 5.97 Å². The maximum atomic E-state index is 11.2. The molecular formula is C10H12N2O3S. The maximum Gasteiger partial charge on any atom is 0.328 e. The van der Waals surface area contributed by atoms with Crippen LogP contribution in [0, 0.1) is 0 Å². The monoisotopic (exact) mass is 240 g/mol. The first-order valence-electron chi connectivity index (χ1n) is 4.78. The highest BCUT2D eigenvalue weighted by Crippen LogP contribution is 2.12. The van der Waals surface area contributed by atoms with E-state index in [-0.39, 0.29) is 5.56 Å². The molecule has 6 heteroatoms. The number of hydrogen-bond donors (Lipinski definition) is 2. The fraction of sp³-hybridized carbons (Fsp3) is 0.300. The lowest BCUT2D eigenvalue weighted by atomic mass is 10.2. The number of carboxylic acid groups (broad SMARTS) is 1. The lowest BCUT2D eigenvalue weighted by Gasteiger charge is -1.99. The fourth-order valence-corrected chi connectivity index (χ4v) is 1.72. The van der Waals surface area contributed by atoms with Gasteiger partial charge in [0.05, 0.1) is 0 Å². The second-order valence-electron chi connectivity index (χ2n) is 3.05. The van der Waals surface area contributed by atoms with E-state index in [4.69, 9.17) is 5.11 Å². The molecule has 0 fully saturated rings. The molecule has 0 aliphatic carbocycles. The number of carbonyl (C=O) groups is 1. The average Bonchev–Trinajstić information content (AvgIpc) is 2.16. The molecule has 5 nitrogen and oxygen atoms in total. The van der Waals surface area contributed by atoms with Crippen LogP contribution in [0.1, 0.15) is 19.0 Å². The summed E-state index contributed by atoms with van der Waals surface area (Å²) < 4.78 is 0. The first kappa shape index (κ1) is 12.5. The predicted molar refractivity (Wildman–Crippen MR) is 61.5 cm³/mol. The molecule has 0 saturated heterocycles. The molecule has 0 spiro atoms. The molecule has 0 bridgehead atoms. The van der Waals surface area contributed by atoms with Crippen molar-refractivity contribution >= 4 is 17.7 Å². The minimum absolute atomic E-state index is 0.218. The van der Waals surface area contributed by atoms with Crippen LogP contribution in [0.4, 0.5) is 0 Å². The molecule has 2 N–H and O–H groups in total. The zero-order chi connectivity index (χ0) is 12.0. The second-order valence-corrected chi connectivity index (χ2v) is 3.95. The summed E-state index contributed by atoms with van der Waals surface area (Å²) in [4.78, 5) is 28.2. The Morgan fingerprint density at radius 1 is 1.69 bits per heavy atom. The Bertz CT molecular complexity index is 454. The molecule has 0 atom stereocenters. The summed E-state index contributed by atoms with van der Waals surface area (Å²) in [7, 11) is 0. The number of nitrogens with one attached hydrogen (secondary N) is 1. The highest BCUT2D eigenvalue weighted by atomic mass is 32.2. The molecule has 0 aliphatic rings. The van der Waals surface area contributed by atoms with Crippen molar-refractivity contribution in [1.82, 2.24) is 9.97 Å². The van der Waals surface area contributed by atoms with Gasteiger partial charge >= 0.3 is 5.97 Å². The number of hydrogen-bond acceptors (Lipinski definition) is 4. The summed E-state index contributed by atoms with van der Waals surface area (Å²) in [6.45, 7) is 2.00. The molecule has 0 radical (unpaired) electrons. The van der Waals surface area contributed by atoms with Crippen LogP contribution in [0.3, 0.4) is 0 Å². The van der Waals surface area contributed by atoms with Gasteiger partial charge in [-0.25, -0.2) is 9.78 Å². The normalized spacial score (nSPS) is 10.8. The van der Waals surface area contributed by atoms with Gasteiger partial charge in [0.1, 0.15) is 0 Å². The number of nitrogens with zero attached hydrogens (tertiary/aromatic N) is 1. The van der Waals surface area contributed by atoms with Gasteiger partial charge in [-0.05, 0) is 11.8 Å². The van der Waals surface area contributed by atoms with Gasteiger partial charge in [-0.2, -0.15) is 0 Å². The van der Waals surface area contributed by atoms with Gasteiger partial charge in [0, 0.05) is 17.8 Å². The van der Waals surface area contributed by atoms with Crippen molar-refractivity contribution < 1.29 is 9.90 Å². The van der Waals surface area contributed by atoms with E-state index in [1.165, 1.54) is 11.5 Å². The summed E-state index contributed by atoms with van der Waals surface area (Å²) in [5.41, 5.74) is 0.502. The summed E-state index contributed by atoms with van der Waals surface area (Å²) in [5, 5.41) is 10.2. The van der Waals surface area contributed by atoms with Crippen LogP contribution in [0.15, 0.2) is 27.5 Å². The van der Waals surface area contributed by atoms with Crippen LogP contribution in [0.5, 0.6) is 0 Å². The predicted octanol–water partition coefficient (Wildman–Crippen LogP) is 1.41. The molecule has 86 valence electrons. The summed E-state index contributed by atoms with van der Waals surface area (Å²) >= 11 is 1.07. The highest BCUT2D eigenvalue weighted by Gasteiger charge is 2.00. The Labute approximate surface area is 96.6 Å². The Morgan fingerprint density at radius 2 is 2.44 bits per heavy atom. The summed E-state index contributed by atoms with van der Waals surface area (Å²) in [6, 6.07) is 1.45. The Balaban J connectivity index is 2.80. The van der Waals surface area contributed by atoms with E-state index in [0.29, 0.717) is 5.16 Å². The van der Waals surface area contributed by atoms with Crippen molar-refractivity contribution in [2.45, 2.75) is 24.9 Å². The van der Waals surface area contributed by atoms with Crippen molar-refractivity contribution in [2.24, 2.45) is 0 Å². The van der Waals surface area contributed by atoms with Gasteiger partial charge in [-0.1, -0.05) is 25.1 Å². The number of H-pyrrole nitrogens is 1. The third-order valence-corrected chi connectivity index (χ3v) is 2.36. The lowest BCUT2D eigenvalue weighted by molar-refractivity contribution is -0.131. The minimum Gasteiger partial charge on any atom is -0.478 e. The van der Waals surface area contributed by atoms with Crippen LogP contribution in [0.2, 0.25) is 0 Å². The van der Waals surface area contributed by atoms with Crippen LogP contribution in [-0.2, 0) is 11.2 Å². The van der Waals surface area contributed by atoms with E-state index in [2.05, 4.69) is 9.97 Å². The van der Waals surface area contributed by atoms with Gasteiger partial charge in [0.15, 0.2) is 5.16 Å². The topological polar surface area (TPSA) is 83.0 Å². The Morgan fingerprint density at radius 3 is 3.06 bits per heavy atom. The second kappa shape index (κ2) is 6.12. The van der Waals surface area contributed by atoms with E-state index in [9.17, 15) is 9.59 Å². The number of aromatic amines is 1. The first-order chi connectivity index (χ1) is 7.61. The Kier molecular flexibility index (Phi) is 4.78. The standard InChI is InChI=1S/C10H12N2O3S/c1-2-3-7-6-8(13)12-10(11-7)16-5-4-9(14)15/h4-6H,2-3H2,1H3,(H,14,15)(H,11,12,13). The molecule has 1 rings (SSSR count). The molecular weight excluding hydrogens is 228 g/mol. The van der Waals surface area contributed by atoms with Crippen LogP contribution in [-0.4, -0.2) is 21.0 Å². The number of aryl methyl sites for hydroxylation is 1. The van der Waals surface area contributed by atoms with Gasteiger partial charge in [-0.3, -0.25) is 4.79 Å². The van der Waals surface area contributed by atoms with E-state index in [0.717, 1.165) is 36.4 Å². The quantitative estimate of drug-likeness (QED) is 0.462. The zero-order valence-electron chi connectivity index (χ0n) is 8.77. The minimum atomic E-state index is -1.03. The van der Waals surface area contributed by atoms with Crippen LogP contribution < -0.4 is 5.56 Å². The van der Waals surface area contributed by atoms with Gasteiger partial charge in [-0.15, -0.1) is 0 Å². The third kappa shape index (κ3) is 4.31. The molecule has 0 aliphatic heterocycles. The molecule has 0 amide bonds. The molecule has 1 aromatic rings.